The Kier molecular flexibility index (Phi) is 6.88. The van der Waals surface area contributed by atoms with E-state index in [1.165, 1.54) is 22.1 Å². The van der Waals surface area contributed by atoms with Gasteiger partial charge in [-0.2, -0.15) is 9.47 Å². The molecule has 4 heterocycles. The van der Waals surface area contributed by atoms with Crippen LogP contribution in [0, 0.1) is 49.1 Å². The van der Waals surface area contributed by atoms with Crippen LogP contribution in [0.2, 0.25) is 0 Å². The zero-order chi connectivity index (χ0) is 24.6. The fourth-order valence-corrected chi connectivity index (χ4v) is 4.88. The van der Waals surface area contributed by atoms with Gasteiger partial charge in [-0.1, -0.05) is 20.8 Å². The molecule has 6 nitrogen and oxygen atoms in total. The lowest BCUT2D eigenvalue weighted by Gasteiger charge is -2.39. The van der Waals surface area contributed by atoms with E-state index in [0.717, 1.165) is 47.9 Å². The van der Waals surface area contributed by atoms with Crippen molar-refractivity contribution in [3.63, 3.8) is 0 Å². The quantitative estimate of drug-likeness (QED) is 0.339. The van der Waals surface area contributed by atoms with Crippen molar-refractivity contribution in [1.29, 1.82) is 0 Å². The summed E-state index contributed by atoms with van der Waals surface area (Å²) in [6, 6.07) is 5.30. The third kappa shape index (κ3) is 4.77. The first-order chi connectivity index (χ1) is 16.2. The fourth-order valence-electron chi connectivity index (χ4n) is 4.19. The molecule has 0 N–H and O–H groups in total. The SMILES string of the molecule is Cc1nc2c(-c3ccc(F)c(F)c3F)cccn2n1.Cc1nsc(N2CC(C)C(C)[C@@H](C)C2)n1. The molecule has 0 bridgehead atoms. The topological polar surface area (TPSA) is 59.2 Å². The van der Waals surface area contributed by atoms with Gasteiger partial charge < -0.3 is 4.90 Å². The van der Waals surface area contributed by atoms with Crippen molar-refractivity contribution >= 4 is 22.3 Å². The van der Waals surface area contributed by atoms with Crippen LogP contribution in [0.4, 0.5) is 18.3 Å². The summed E-state index contributed by atoms with van der Waals surface area (Å²) in [4.78, 5) is 11.0. The van der Waals surface area contributed by atoms with E-state index in [-0.39, 0.29) is 5.56 Å². The monoisotopic (exact) mass is 488 g/mol. The van der Waals surface area contributed by atoms with Gasteiger partial charge in [-0.15, -0.1) is 0 Å². The second-order valence-corrected chi connectivity index (χ2v) is 9.65. The summed E-state index contributed by atoms with van der Waals surface area (Å²) in [5.74, 6) is -0.217. The summed E-state index contributed by atoms with van der Waals surface area (Å²) in [6.45, 7) is 12.9. The maximum Gasteiger partial charge on any atom is 0.205 e. The minimum absolute atomic E-state index is 0.0445. The van der Waals surface area contributed by atoms with Gasteiger partial charge in [0.05, 0.1) is 0 Å². The van der Waals surface area contributed by atoms with Crippen LogP contribution >= 0.6 is 11.5 Å². The molecule has 1 fully saturated rings. The number of piperidine rings is 1. The largest absolute Gasteiger partial charge is 0.346 e. The van der Waals surface area contributed by atoms with Crippen LogP contribution in [0.15, 0.2) is 30.5 Å². The molecule has 2 unspecified atom stereocenters. The number of hydrogen-bond acceptors (Lipinski definition) is 6. The molecule has 3 atom stereocenters. The van der Waals surface area contributed by atoms with E-state index < -0.39 is 17.5 Å². The second-order valence-electron chi connectivity index (χ2n) is 8.91. The zero-order valence-corrected chi connectivity index (χ0v) is 20.6. The molecule has 0 amide bonds. The van der Waals surface area contributed by atoms with Crippen LogP contribution in [-0.2, 0) is 0 Å². The first-order valence-corrected chi connectivity index (χ1v) is 11.9. The van der Waals surface area contributed by atoms with Crippen LogP contribution in [0.1, 0.15) is 32.4 Å². The number of anilines is 1. The molecule has 3 aromatic heterocycles. The first kappa shape index (κ1) is 24.1. The normalized spacial score (nSPS) is 20.4. The Labute approximate surface area is 200 Å². The number of aryl methyl sites for hydroxylation is 2. The third-order valence-corrected chi connectivity index (χ3v) is 7.26. The Bertz CT molecular complexity index is 1290. The summed E-state index contributed by atoms with van der Waals surface area (Å²) in [5.41, 5.74) is 0.710. The maximum absolute atomic E-state index is 13.8. The summed E-state index contributed by atoms with van der Waals surface area (Å²) in [5, 5.41) is 5.18. The number of benzene rings is 1. The smallest absolute Gasteiger partial charge is 0.205 e. The van der Waals surface area contributed by atoms with Crippen molar-refractivity contribution in [2.24, 2.45) is 17.8 Å². The maximum atomic E-state index is 13.8. The minimum atomic E-state index is -1.49. The summed E-state index contributed by atoms with van der Waals surface area (Å²) in [6.07, 6.45) is 1.65. The van der Waals surface area contributed by atoms with E-state index in [9.17, 15) is 13.2 Å². The molecule has 5 rings (SSSR count). The van der Waals surface area contributed by atoms with Gasteiger partial charge in [0.25, 0.3) is 0 Å². The van der Waals surface area contributed by atoms with Crippen molar-refractivity contribution in [3.05, 3.63) is 59.6 Å². The molecule has 180 valence electrons. The van der Waals surface area contributed by atoms with Crippen molar-refractivity contribution in [2.75, 3.05) is 18.0 Å². The van der Waals surface area contributed by atoms with Gasteiger partial charge in [0, 0.05) is 41.9 Å². The van der Waals surface area contributed by atoms with Gasteiger partial charge >= 0.3 is 0 Å². The van der Waals surface area contributed by atoms with E-state index >= 15 is 0 Å². The highest BCUT2D eigenvalue weighted by molar-refractivity contribution is 7.09. The van der Waals surface area contributed by atoms with Crippen LogP contribution in [0.5, 0.6) is 0 Å². The molecular formula is C24H27F3N6S. The second kappa shape index (κ2) is 9.69. The average Bonchev–Trinajstić information content (AvgIpc) is 3.41. The number of halogens is 3. The van der Waals surface area contributed by atoms with Crippen LogP contribution in [-0.4, -0.2) is 37.0 Å². The number of fused-ring (bicyclic) bond motifs is 1. The van der Waals surface area contributed by atoms with Gasteiger partial charge in [-0.05, 0) is 55.9 Å². The molecule has 4 aromatic rings. The average molecular weight is 489 g/mol. The van der Waals surface area contributed by atoms with Crippen molar-refractivity contribution < 1.29 is 13.2 Å². The lowest BCUT2D eigenvalue weighted by molar-refractivity contribution is 0.240. The van der Waals surface area contributed by atoms with E-state index in [4.69, 9.17) is 0 Å². The number of pyridine rings is 1. The molecule has 34 heavy (non-hydrogen) atoms. The standard InChI is InChI=1S/C13H8F3N3.C11H19N3S/c1-7-17-13-9(3-2-6-19(13)18-7)8-4-5-10(14)12(16)11(8)15;1-7-5-14(6-8(2)9(7)3)11-12-10(4)13-15-11/h2-6H,1H3;7-9H,5-6H2,1-4H3/t;7-,8?,9?/m.0/s1. The molecule has 0 radical (unpaired) electrons. The number of rotatable bonds is 2. The van der Waals surface area contributed by atoms with Gasteiger partial charge in [-0.3, -0.25) is 0 Å². The van der Waals surface area contributed by atoms with Gasteiger partial charge in [0.2, 0.25) is 5.13 Å². The first-order valence-electron chi connectivity index (χ1n) is 11.2. The molecule has 1 aliphatic heterocycles. The van der Waals surface area contributed by atoms with Gasteiger partial charge in [0.15, 0.2) is 23.1 Å². The van der Waals surface area contributed by atoms with Crippen molar-refractivity contribution in [3.8, 4) is 11.1 Å². The fraction of sp³-hybridized carbons (Fsp3) is 0.417. The molecule has 1 saturated heterocycles. The highest BCUT2D eigenvalue weighted by atomic mass is 32.1. The van der Waals surface area contributed by atoms with E-state index in [0.29, 0.717) is 17.0 Å². The summed E-state index contributed by atoms with van der Waals surface area (Å²) >= 11 is 1.53. The zero-order valence-electron chi connectivity index (χ0n) is 19.8. The van der Waals surface area contributed by atoms with Crippen LogP contribution in [0.25, 0.3) is 16.8 Å². The van der Waals surface area contributed by atoms with Crippen molar-refractivity contribution in [1.82, 2.24) is 24.0 Å². The minimum Gasteiger partial charge on any atom is -0.346 e. The van der Waals surface area contributed by atoms with E-state index in [2.05, 4.69) is 45.1 Å². The molecule has 10 heteroatoms. The predicted molar refractivity (Wildman–Crippen MR) is 127 cm³/mol. The van der Waals surface area contributed by atoms with Crippen molar-refractivity contribution in [2.45, 2.75) is 34.6 Å². The van der Waals surface area contributed by atoms with Gasteiger partial charge in [-0.25, -0.2) is 27.7 Å². The number of aromatic nitrogens is 5. The predicted octanol–water partition coefficient (Wildman–Crippen LogP) is 5.70. The number of hydrogen-bond donors (Lipinski definition) is 0. The molecular weight excluding hydrogens is 461 g/mol. The van der Waals surface area contributed by atoms with Gasteiger partial charge in [0.1, 0.15) is 11.6 Å². The van der Waals surface area contributed by atoms with E-state index in [1.807, 2.05) is 6.92 Å². The highest BCUT2D eigenvalue weighted by Gasteiger charge is 2.30. The molecule has 1 aliphatic rings. The Morgan fingerprint density at radius 2 is 1.59 bits per heavy atom. The lowest BCUT2D eigenvalue weighted by Crippen LogP contribution is -2.43. The van der Waals surface area contributed by atoms with Crippen LogP contribution in [0.3, 0.4) is 0 Å². The Balaban J connectivity index is 0.000000166. The Morgan fingerprint density at radius 1 is 0.882 bits per heavy atom. The summed E-state index contributed by atoms with van der Waals surface area (Å²) < 4.78 is 45.8. The molecule has 0 saturated carbocycles. The summed E-state index contributed by atoms with van der Waals surface area (Å²) in [7, 11) is 0. The lowest BCUT2D eigenvalue weighted by atomic mass is 9.81. The molecule has 0 spiro atoms. The Hall–Kier alpha value is -3.01. The Morgan fingerprint density at radius 3 is 2.24 bits per heavy atom. The van der Waals surface area contributed by atoms with E-state index in [1.54, 1.807) is 25.3 Å². The van der Waals surface area contributed by atoms with Crippen LogP contribution < -0.4 is 4.90 Å². The number of nitrogens with zero attached hydrogens (tertiary/aromatic N) is 6. The highest BCUT2D eigenvalue weighted by Crippen LogP contribution is 2.31. The molecule has 0 aliphatic carbocycles. The third-order valence-electron chi connectivity index (χ3n) is 6.39. The molecule has 1 aromatic carbocycles.